The number of thiocarbonyl (C=S) groups is 1. The average molecular weight is 209 g/mol. The van der Waals surface area contributed by atoms with E-state index in [0.29, 0.717) is 16.5 Å². The number of carbonyl (C=O) groups excluding carboxylic acids is 1. The van der Waals surface area contributed by atoms with E-state index in [1.54, 1.807) is 43.3 Å². The largest absolute Gasteiger partial charge is 0.431 e. The summed E-state index contributed by atoms with van der Waals surface area (Å²) in [6, 6.07) is 6.95. The molecule has 0 atom stereocenters. The van der Waals surface area contributed by atoms with Crippen LogP contribution in [0.5, 0.6) is 5.75 Å². The molecule has 0 heterocycles. The second kappa shape index (κ2) is 4.72. The van der Waals surface area contributed by atoms with Crippen LogP contribution in [0.2, 0.25) is 0 Å². The zero-order chi connectivity index (χ0) is 10.6. The van der Waals surface area contributed by atoms with Crippen LogP contribution in [0.15, 0.2) is 24.3 Å². The van der Waals surface area contributed by atoms with Gasteiger partial charge in [0.05, 0.1) is 5.56 Å². The summed E-state index contributed by atoms with van der Waals surface area (Å²) in [5.74, 6) is 0.487. The van der Waals surface area contributed by atoms with E-state index in [-0.39, 0.29) is 0 Å². The Hall–Kier alpha value is -1.42. The average Bonchev–Trinajstić information content (AvgIpc) is 2.18. The van der Waals surface area contributed by atoms with Gasteiger partial charge in [-0.2, -0.15) is 0 Å². The first-order valence-electron chi connectivity index (χ1n) is 4.08. The van der Waals surface area contributed by atoms with E-state index in [0.717, 1.165) is 6.29 Å². The summed E-state index contributed by atoms with van der Waals surface area (Å²) in [5, 5.41) is 0.333. The summed E-state index contributed by atoms with van der Waals surface area (Å²) >= 11 is 4.96. The lowest BCUT2D eigenvalue weighted by Crippen LogP contribution is -2.25. The highest BCUT2D eigenvalue weighted by Crippen LogP contribution is 2.16. The molecule has 14 heavy (non-hydrogen) atoms. The van der Waals surface area contributed by atoms with Crippen LogP contribution in [-0.2, 0) is 0 Å². The number of carbonyl (C=O) groups is 1. The van der Waals surface area contributed by atoms with Gasteiger partial charge in [0.25, 0.3) is 5.17 Å². The van der Waals surface area contributed by atoms with Gasteiger partial charge >= 0.3 is 0 Å². The number of para-hydroxylation sites is 1. The standard InChI is InChI=1S/C10H11NO2S/c1-11(2)10(14)13-9-6-4-3-5-8(9)7-12/h3-7H,1-2H3. The Morgan fingerprint density at radius 1 is 1.43 bits per heavy atom. The smallest absolute Gasteiger partial charge is 0.264 e. The Morgan fingerprint density at radius 3 is 2.64 bits per heavy atom. The van der Waals surface area contributed by atoms with Crippen LogP contribution in [-0.4, -0.2) is 30.5 Å². The SMILES string of the molecule is CN(C)C(=S)Oc1ccccc1C=O. The van der Waals surface area contributed by atoms with Gasteiger partial charge in [0.15, 0.2) is 6.29 Å². The van der Waals surface area contributed by atoms with E-state index in [9.17, 15) is 4.79 Å². The van der Waals surface area contributed by atoms with Crippen LogP contribution in [0, 0.1) is 0 Å². The molecule has 0 amide bonds. The van der Waals surface area contributed by atoms with Crippen molar-refractivity contribution < 1.29 is 9.53 Å². The Morgan fingerprint density at radius 2 is 2.07 bits per heavy atom. The molecule has 0 aliphatic carbocycles. The predicted molar refractivity (Wildman–Crippen MR) is 58.7 cm³/mol. The number of nitrogens with zero attached hydrogens (tertiary/aromatic N) is 1. The van der Waals surface area contributed by atoms with Crippen LogP contribution >= 0.6 is 12.2 Å². The summed E-state index contributed by atoms with van der Waals surface area (Å²) in [6.45, 7) is 0. The second-order valence-electron chi connectivity index (χ2n) is 2.92. The maximum atomic E-state index is 10.6. The van der Waals surface area contributed by atoms with E-state index in [4.69, 9.17) is 17.0 Å². The quantitative estimate of drug-likeness (QED) is 0.548. The van der Waals surface area contributed by atoms with E-state index in [2.05, 4.69) is 0 Å². The lowest BCUT2D eigenvalue weighted by atomic mass is 10.2. The topological polar surface area (TPSA) is 29.5 Å². The fourth-order valence-electron chi connectivity index (χ4n) is 0.856. The van der Waals surface area contributed by atoms with E-state index in [1.165, 1.54) is 0 Å². The molecule has 3 nitrogen and oxygen atoms in total. The molecular weight excluding hydrogens is 198 g/mol. The van der Waals surface area contributed by atoms with Gasteiger partial charge in [-0.3, -0.25) is 4.79 Å². The fourth-order valence-corrected chi connectivity index (χ4v) is 0.946. The highest BCUT2D eigenvalue weighted by Gasteiger charge is 2.05. The highest BCUT2D eigenvalue weighted by molar-refractivity contribution is 7.80. The van der Waals surface area contributed by atoms with Crippen LogP contribution in [0.3, 0.4) is 0 Å². The molecule has 0 aliphatic rings. The van der Waals surface area contributed by atoms with Gasteiger partial charge < -0.3 is 9.64 Å². The third kappa shape index (κ3) is 2.53. The van der Waals surface area contributed by atoms with Gasteiger partial charge in [-0.25, -0.2) is 0 Å². The lowest BCUT2D eigenvalue weighted by Gasteiger charge is -2.14. The summed E-state index contributed by atoms with van der Waals surface area (Å²) in [4.78, 5) is 12.3. The van der Waals surface area contributed by atoms with Gasteiger partial charge in [0.1, 0.15) is 5.75 Å². The third-order valence-electron chi connectivity index (χ3n) is 1.61. The Labute approximate surface area is 88.3 Å². The van der Waals surface area contributed by atoms with Crippen molar-refractivity contribution in [1.29, 1.82) is 0 Å². The Kier molecular flexibility index (Phi) is 3.59. The zero-order valence-corrected chi connectivity index (χ0v) is 8.88. The molecule has 74 valence electrons. The molecule has 0 unspecified atom stereocenters. The summed E-state index contributed by atoms with van der Waals surface area (Å²) in [6.07, 6.45) is 0.744. The van der Waals surface area contributed by atoms with Crippen molar-refractivity contribution in [3.05, 3.63) is 29.8 Å². The molecule has 4 heteroatoms. The molecule has 0 spiro atoms. The molecule has 0 N–H and O–H groups in total. The zero-order valence-electron chi connectivity index (χ0n) is 8.06. The first-order valence-corrected chi connectivity index (χ1v) is 4.49. The van der Waals surface area contributed by atoms with E-state index in [1.807, 2.05) is 0 Å². The second-order valence-corrected chi connectivity index (χ2v) is 3.27. The Balaban J connectivity index is 2.85. The van der Waals surface area contributed by atoms with Crippen molar-refractivity contribution in [2.24, 2.45) is 0 Å². The maximum absolute atomic E-state index is 10.6. The van der Waals surface area contributed by atoms with Gasteiger partial charge in [-0.1, -0.05) is 12.1 Å². The first kappa shape index (κ1) is 10.7. The molecule has 1 aromatic rings. The van der Waals surface area contributed by atoms with E-state index < -0.39 is 0 Å². The van der Waals surface area contributed by atoms with Gasteiger partial charge in [-0.05, 0) is 24.4 Å². The van der Waals surface area contributed by atoms with Crippen molar-refractivity contribution in [2.45, 2.75) is 0 Å². The molecule has 0 saturated heterocycles. The van der Waals surface area contributed by atoms with Crippen LogP contribution in [0.4, 0.5) is 0 Å². The Bertz CT molecular complexity index is 350. The van der Waals surface area contributed by atoms with Gasteiger partial charge in [0, 0.05) is 14.1 Å². The lowest BCUT2D eigenvalue weighted by molar-refractivity contribution is 0.112. The number of hydrogen-bond donors (Lipinski definition) is 0. The molecular formula is C10H11NO2S. The minimum Gasteiger partial charge on any atom is -0.431 e. The van der Waals surface area contributed by atoms with Crippen LogP contribution in [0.1, 0.15) is 10.4 Å². The molecule has 0 bridgehead atoms. The molecule has 0 aromatic heterocycles. The molecule has 0 radical (unpaired) electrons. The number of rotatable bonds is 2. The summed E-state index contributed by atoms with van der Waals surface area (Å²) in [5.41, 5.74) is 0.497. The first-order chi connectivity index (χ1) is 6.65. The minimum absolute atomic E-state index is 0.333. The number of benzene rings is 1. The van der Waals surface area contributed by atoms with Gasteiger partial charge in [0.2, 0.25) is 0 Å². The number of hydrogen-bond acceptors (Lipinski definition) is 3. The summed E-state index contributed by atoms with van der Waals surface area (Å²) < 4.78 is 5.32. The van der Waals surface area contributed by atoms with Crippen molar-refractivity contribution in [1.82, 2.24) is 4.90 Å². The third-order valence-corrected chi connectivity index (χ3v) is 2.06. The summed E-state index contributed by atoms with van der Waals surface area (Å²) in [7, 11) is 3.57. The number of aldehydes is 1. The van der Waals surface area contributed by atoms with Gasteiger partial charge in [-0.15, -0.1) is 0 Å². The van der Waals surface area contributed by atoms with Crippen molar-refractivity contribution in [3.63, 3.8) is 0 Å². The van der Waals surface area contributed by atoms with Crippen molar-refractivity contribution in [3.8, 4) is 5.75 Å². The number of ether oxygens (including phenoxy) is 1. The molecule has 0 aliphatic heterocycles. The van der Waals surface area contributed by atoms with Crippen molar-refractivity contribution >= 4 is 23.7 Å². The predicted octanol–water partition coefficient (Wildman–Crippen LogP) is 1.72. The molecule has 0 fully saturated rings. The van der Waals surface area contributed by atoms with Crippen LogP contribution < -0.4 is 4.74 Å². The highest BCUT2D eigenvalue weighted by atomic mass is 32.1. The normalized spacial score (nSPS) is 9.29. The van der Waals surface area contributed by atoms with E-state index >= 15 is 0 Å². The minimum atomic E-state index is 0.333. The molecule has 1 rings (SSSR count). The fraction of sp³-hybridized carbons (Fsp3) is 0.200. The van der Waals surface area contributed by atoms with Crippen LogP contribution in [0.25, 0.3) is 0 Å². The maximum Gasteiger partial charge on any atom is 0.264 e. The van der Waals surface area contributed by atoms with Crippen molar-refractivity contribution in [2.75, 3.05) is 14.1 Å². The monoisotopic (exact) mass is 209 g/mol. The molecule has 0 saturated carbocycles. The molecule has 1 aromatic carbocycles.